The molecule has 18 heavy (non-hydrogen) atoms. The van der Waals surface area contributed by atoms with Crippen molar-refractivity contribution in [3.8, 4) is 11.5 Å². The number of nitrogens with zero attached hydrogens (tertiary/aromatic N) is 3. The van der Waals surface area contributed by atoms with Gasteiger partial charge in [0.1, 0.15) is 5.69 Å². The van der Waals surface area contributed by atoms with E-state index >= 15 is 0 Å². The maximum Gasteiger partial charge on any atom is 0.227 e. The second kappa shape index (κ2) is 5.73. The van der Waals surface area contributed by atoms with E-state index in [0.717, 1.165) is 36.1 Å². The van der Waals surface area contributed by atoms with Crippen LogP contribution in [0.15, 0.2) is 16.8 Å². The fourth-order valence-electron chi connectivity index (χ4n) is 1.82. The Kier molecular flexibility index (Phi) is 4.04. The van der Waals surface area contributed by atoms with E-state index in [9.17, 15) is 0 Å². The molecule has 5 nitrogen and oxygen atoms in total. The summed E-state index contributed by atoms with van der Waals surface area (Å²) in [6, 6.07) is 2.06. The molecule has 0 bridgehead atoms. The quantitative estimate of drug-likeness (QED) is 0.817. The van der Waals surface area contributed by atoms with Crippen LogP contribution >= 0.6 is 0 Å². The number of pyridine rings is 1. The molecule has 0 spiro atoms. The minimum atomic E-state index is 0.565. The topological polar surface area (TPSA) is 77.8 Å². The van der Waals surface area contributed by atoms with Crippen molar-refractivity contribution in [3.05, 3.63) is 29.3 Å². The Hall–Kier alpha value is -1.75. The molecule has 0 aliphatic rings. The molecule has 0 saturated heterocycles. The number of aryl methyl sites for hydroxylation is 3. The van der Waals surface area contributed by atoms with Crippen LogP contribution in [0.3, 0.4) is 0 Å². The molecule has 0 unspecified atom stereocenters. The standard InChI is InChI=1S/C13H18N4O/c1-9-7-10(2)12(15-8-9)13-16-11(18-17-13)5-3-4-6-14/h7-8H,3-6,14H2,1-2H3. The molecule has 96 valence electrons. The van der Waals surface area contributed by atoms with Gasteiger partial charge in [0.25, 0.3) is 0 Å². The Morgan fingerprint density at radius 3 is 2.83 bits per heavy atom. The van der Waals surface area contributed by atoms with E-state index in [-0.39, 0.29) is 0 Å². The molecule has 2 aromatic rings. The first kappa shape index (κ1) is 12.7. The largest absolute Gasteiger partial charge is 0.339 e. The van der Waals surface area contributed by atoms with Gasteiger partial charge in [-0.1, -0.05) is 11.2 Å². The maximum absolute atomic E-state index is 5.45. The first-order valence-corrected chi connectivity index (χ1v) is 6.17. The molecule has 2 aromatic heterocycles. The van der Waals surface area contributed by atoms with E-state index in [2.05, 4.69) is 21.2 Å². The van der Waals surface area contributed by atoms with E-state index in [1.807, 2.05) is 20.0 Å². The van der Waals surface area contributed by atoms with Gasteiger partial charge in [-0.2, -0.15) is 4.98 Å². The second-order valence-corrected chi connectivity index (χ2v) is 4.44. The number of hydrogen-bond donors (Lipinski definition) is 1. The van der Waals surface area contributed by atoms with Gasteiger partial charge in [0.2, 0.25) is 11.7 Å². The molecule has 0 aliphatic heterocycles. The summed E-state index contributed by atoms with van der Waals surface area (Å²) in [6.07, 6.45) is 4.53. The van der Waals surface area contributed by atoms with E-state index in [1.54, 1.807) is 0 Å². The normalized spacial score (nSPS) is 10.8. The predicted molar refractivity (Wildman–Crippen MR) is 69.0 cm³/mol. The monoisotopic (exact) mass is 246 g/mol. The number of nitrogens with two attached hydrogens (primary N) is 1. The molecule has 0 atom stereocenters. The van der Waals surface area contributed by atoms with E-state index < -0.39 is 0 Å². The third-order valence-corrected chi connectivity index (χ3v) is 2.74. The number of rotatable bonds is 5. The van der Waals surface area contributed by atoms with Crippen LogP contribution < -0.4 is 5.73 Å². The Morgan fingerprint density at radius 1 is 1.28 bits per heavy atom. The maximum atomic E-state index is 5.45. The van der Waals surface area contributed by atoms with Crippen LogP contribution in [0, 0.1) is 13.8 Å². The van der Waals surface area contributed by atoms with Crippen LogP contribution in [-0.2, 0) is 6.42 Å². The Balaban J connectivity index is 2.13. The first-order chi connectivity index (χ1) is 8.70. The molecule has 2 heterocycles. The molecule has 0 radical (unpaired) electrons. The van der Waals surface area contributed by atoms with Crippen molar-refractivity contribution < 1.29 is 4.52 Å². The SMILES string of the molecule is Cc1cnc(-c2noc(CCCCN)n2)c(C)c1. The van der Waals surface area contributed by atoms with Crippen LogP contribution in [0.4, 0.5) is 0 Å². The van der Waals surface area contributed by atoms with Crippen molar-refractivity contribution in [2.45, 2.75) is 33.1 Å². The summed E-state index contributed by atoms with van der Waals surface area (Å²) in [4.78, 5) is 8.71. The molecular weight excluding hydrogens is 228 g/mol. The highest BCUT2D eigenvalue weighted by Crippen LogP contribution is 2.18. The summed E-state index contributed by atoms with van der Waals surface area (Å²) in [5.41, 5.74) is 8.42. The Morgan fingerprint density at radius 2 is 2.11 bits per heavy atom. The predicted octanol–water partition coefficient (Wildman–Crippen LogP) is 2.03. The molecule has 5 heteroatoms. The van der Waals surface area contributed by atoms with E-state index in [4.69, 9.17) is 10.3 Å². The smallest absolute Gasteiger partial charge is 0.227 e. The van der Waals surface area contributed by atoms with E-state index in [0.29, 0.717) is 18.3 Å². The van der Waals surface area contributed by atoms with Gasteiger partial charge in [-0.3, -0.25) is 4.98 Å². The summed E-state index contributed by atoms with van der Waals surface area (Å²) in [5, 5.41) is 3.98. The van der Waals surface area contributed by atoms with Gasteiger partial charge < -0.3 is 10.3 Å². The van der Waals surface area contributed by atoms with Crippen LogP contribution in [0.2, 0.25) is 0 Å². The number of aromatic nitrogens is 3. The second-order valence-electron chi connectivity index (χ2n) is 4.44. The van der Waals surface area contributed by atoms with Gasteiger partial charge >= 0.3 is 0 Å². The van der Waals surface area contributed by atoms with Crippen molar-refractivity contribution in [1.82, 2.24) is 15.1 Å². The van der Waals surface area contributed by atoms with Gasteiger partial charge in [-0.25, -0.2) is 0 Å². The minimum Gasteiger partial charge on any atom is -0.339 e. The van der Waals surface area contributed by atoms with Gasteiger partial charge in [0.05, 0.1) is 0 Å². The lowest BCUT2D eigenvalue weighted by atomic mass is 10.1. The molecule has 2 rings (SSSR count). The molecule has 0 aromatic carbocycles. The summed E-state index contributed by atoms with van der Waals surface area (Å²) in [5.74, 6) is 1.22. The summed E-state index contributed by atoms with van der Waals surface area (Å²) < 4.78 is 5.21. The van der Waals surface area contributed by atoms with Gasteiger partial charge in [-0.05, 0) is 44.4 Å². The molecule has 0 saturated carbocycles. The highest BCUT2D eigenvalue weighted by atomic mass is 16.5. The van der Waals surface area contributed by atoms with E-state index in [1.165, 1.54) is 0 Å². The summed E-state index contributed by atoms with van der Waals surface area (Å²) >= 11 is 0. The molecule has 0 aliphatic carbocycles. The first-order valence-electron chi connectivity index (χ1n) is 6.17. The lowest BCUT2D eigenvalue weighted by Gasteiger charge is -2.00. The zero-order valence-corrected chi connectivity index (χ0v) is 10.8. The van der Waals surface area contributed by atoms with Crippen molar-refractivity contribution in [2.24, 2.45) is 5.73 Å². The molecular formula is C13H18N4O. The van der Waals surface area contributed by atoms with Crippen LogP contribution in [0.25, 0.3) is 11.5 Å². The molecule has 0 amide bonds. The third-order valence-electron chi connectivity index (χ3n) is 2.74. The number of unbranched alkanes of at least 4 members (excludes halogenated alkanes) is 1. The highest BCUT2D eigenvalue weighted by Gasteiger charge is 2.11. The summed E-state index contributed by atoms with van der Waals surface area (Å²) in [7, 11) is 0. The Labute approximate surface area is 106 Å². The van der Waals surface area contributed by atoms with Gasteiger partial charge in [-0.15, -0.1) is 0 Å². The average Bonchev–Trinajstić information content (AvgIpc) is 2.78. The Bertz CT molecular complexity index is 521. The summed E-state index contributed by atoms with van der Waals surface area (Å²) in [6.45, 7) is 4.71. The van der Waals surface area contributed by atoms with Crippen LogP contribution in [-0.4, -0.2) is 21.7 Å². The fourth-order valence-corrected chi connectivity index (χ4v) is 1.82. The lowest BCUT2D eigenvalue weighted by Crippen LogP contribution is -1.99. The van der Waals surface area contributed by atoms with Gasteiger partial charge in [0, 0.05) is 12.6 Å². The highest BCUT2D eigenvalue weighted by molar-refractivity contribution is 5.53. The van der Waals surface area contributed by atoms with Crippen molar-refractivity contribution in [1.29, 1.82) is 0 Å². The zero-order valence-electron chi connectivity index (χ0n) is 10.8. The van der Waals surface area contributed by atoms with Crippen LogP contribution in [0.5, 0.6) is 0 Å². The zero-order chi connectivity index (χ0) is 13.0. The van der Waals surface area contributed by atoms with Crippen molar-refractivity contribution in [2.75, 3.05) is 6.54 Å². The molecule has 0 fully saturated rings. The molecule has 2 N–H and O–H groups in total. The van der Waals surface area contributed by atoms with Gasteiger partial charge in [0.15, 0.2) is 0 Å². The third kappa shape index (κ3) is 2.92. The van der Waals surface area contributed by atoms with Crippen molar-refractivity contribution in [3.63, 3.8) is 0 Å². The average molecular weight is 246 g/mol. The minimum absolute atomic E-state index is 0.565. The number of hydrogen-bond acceptors (Lipinski definition) is 5. The lowest BCUT2D eigenvalue weighted by molar-refractivity contribution is 0.375. The van der Waals surface area contributed by atoms with Crippen molar-refractivity contribution >= 4 is 0 Å². The fraction of sp³-hybridized carbons (Fsp3) is 0.462. The van der Waals surface area contributed by atoms with Crippen LogP contribution in [0.1, 0.15) is 29.9 Å².